The highest BCUT2D eigenvalue weighted by atomic mass is 127. The molecule has 0 aliphatic carbocycles. The van der Waals surface area contributed by atoms with Gasteiger partial charge in [-0.15, -0.1) is 0 Å². The molecule has 0 radical (unpaired) electrons. The second-order valence-corrected chi connectivity index (χ2v) is 6.85. The molecule has 6 nitrogen and oxygen atoms in total. The number of hydrogen-bond acceptors (Lipinski definition) is 5. The molecule has 1 aliphatic heterocycles. The van der Waals surface area contributed by atoms with Crippen LogP contribution in [0, 0.1) is 13.7 Å². The summed E-state index contributed by atoms with van der Waals surface area (Å²) in [6.45, 7) is 0. The number of cyclic esters (lactones) is 1. The Morgan fingerprint density at radius 1 is 1.23 bits per heavy atom. The maximum absolute atomic E-state index is 12.0. The van der Waals surface area contributed by atoms with Gasteiger partial charge in [-0.2, -0.15) is 0 Å². The van der Waals surface area contributed by atoms with E-state index >= 15 is 0 Å². The van der Waals surface area contributed by atoms with E-state index in [9.17, 15) is 14.9 Å². The number of allylic oxidation sites excluding steroid dienone is 2. The van der Waals surface area contributed by atoms with Crippen LogP contribution < -0.4 is 0 Å². The van der Waals surface area contributed by atoms with Crippen molar-refractivity contribution in [2.75, 3.05) is 0 Å². The monoisotopic (exact) mass is 480 g/mol. The SMILES string of the molecule is O=C1OC(c2cc(I)ccc2Cl)=N/C1=C\C=C\c1cccc([N+](=O)[O-])c1. The van der Waals surface area contributed by atoms with Crippen molar-refractivity contribution in [2.45, 2.75) is 0 Å². The number of non-ortho nitro benzene ring substituents is 1. The molecular formula is C18H10ClIN2O4. The lowest BCUT2D eigenvalue weighted by Crippen LogP contribution is -2.06. The molecule has 0 aromatic heterocycles. The molecule has 0 spiro atoms. The summed E-state index contributed by atoms with van der Waals surface area (Å²) in [6, 6.07) is 11.5. The normalized spacial score (nSPS) is 15.4. The van der Waals surface area contributed by atoms with Crippen molar-refractivity contribution in [3.05, 3.63) is 90.1 Å². The summed E-state index contributed by atoms with van der Waals surface area (Å²) in [5, 5.41) is 11.2. The topological polar surface area (TPSA) is 81.8 Å². The zero-order chi connectivity index (χ0) is 18.7. The predicted molar refractivity (Wildman–Crippen MR) is 107 cm³/mol. The first-order valence-electron chi connectivity index (χ1n) is 7.33. The number of ether oxygens (including phenoxy) is 1. The van der Waals surface area contributed by atoms with E-state index in [1.807, 2.05) is 6.07 Å². The van der Waals surface area contributed by atoms with Crippen LogP contribution in [0.15, 0.2) is 65.3 Å². The summed E-state index contributed by atoms with van der Waals surface area (Å²) in [4.78, 5) is 26.5. The van der Waals surface area contributed by atoms with E-state index in [4.69, 9.17) is 16.3 Å². The van der Waals surface area contributed by atoms with Crippen molar-refractivity contribution < 1.29 is 14.5 Å². The molecule has 3 rings (SSSR count). The summed E-state index contributed by atoms with van der Waals surface area (Å²) >= 11 is 8.26. The van der Waals surface area contributed by atoms with Gasteiger partial charge in [-0.25, -0.2) is 9.79 Å². The molecule has 2 aromatic rings. The minimum atomic E-state index is -0.585. The van der Waals surface area contributed by atoms with Crippen molar-refractivity contribution in [1.29, 1.82) is 0 Å². The Morgan fingerprint density at radius 3 is 2.81 bits per heavy atom. The Bertz CT molecular complexity index is 998. The molecule has 0 saturated heterocycles. The fourth-order valence-corrected chi connectivity index (χ4v) is 2.88. The summed E-state index contributed by atoms with van der Waals surface area (Å²) in [6.07, 6.45) is 4.70. The van der Waals surface area contributed by atoms with E-state index in [-0.39, 0.29) is 17.3 Å². The quantitative estimate of drug-likeness (QED) is 0.208. The van der Waals surface area contributed by atoms with Crippen LogP contribution in [-0.4, -0.2) is 16.8 Å². The molecule has 1 aliphatic rings. The molecule has 2 aromatic carbocycles. The van der Waals surface area contributed by atoms with Gasteiger partial charge in [-0.05, 0) is 52.4 Å². The number of carbonyl (C=O) groups excluding carboxylic acids is 1. The Hall–Kier alpha value is -2.52. The second kappa shape index (κ2) is 7.79. The fraction of sp³-hybridized carbons (Fsp3) is 0. The molecule has 8 heteroatoms. The lowest BCUT2D eigenvalue weighted by molar-refractivity contribution is -0.384. The first kappa shape index (κ1) is 18.3. The average molecular weight is 481 g/mol. The number of benzene rings is 2. The van der Waals surface area contributed by atoms with Crippen LogP contribution >= 0.6 is 34.2 Å². The summed E-state index contributed by atoms with van der Waals surface area (Å²) < 4.78 is 6.11. The number of esters is 1. The highest BCUT2D eigenvalue weighted by Gasteiger charge is 2.25. The molecule has 0 bridgehead atoms. The molecule has 0 fully saturated rings. The van der Waals surface area contributed by atoms with Crippen LogP contribution in [0.2, 0.25) is 5.02 Å². The zero-order valence-electron chi connectivity index (χ0n) is 13.1. The highest BCUT2D eigenvalue weighted by Crippen LogP contribution is 2.24. The van der Waals surface area contributed by atoms with Gasteiger partial charge in [0.25, 0.3) is 5.69 Å². The Labute approximate surface area is 167 Å². The van der Waals surface area contributed by atoms with E-state index in [0.29, 0.717) is 16.1 Å². The van der Waals surface area contributed by atoms with Crippen molar-refractivity contribution in [2.24, 2.45) is 4.99 Å². The van der Waals surface area contributed by atoms with Gasteiger partial charge < -0.3 is 4.74 Å². The number of rotatable bonds is 4. The number of halogens is 2. The zero-order valence-corrected chi connectivity index (χ0v) is 16.0. The van der Waals surface area contributed by atoms with Gasteiger partial charge in [0, 0.05) is 15.7 Å². The molecule has 130 valence electrons. The third-order valence-electron chi connectivity index (χ3n) is 3.40. The smallest absolute Gasteiger partial charge is 0.363 e. The van der Waals surface area contributed by atoms with Gasteiger partial charge in [-0.1, -0.05) is 35.9 Å². The van der Waals surface area contributed by atoms with Crippen molar-refractivity contribution in [3.8, 4) is 0 Å². The van der Waals surface area contributed by atoms with Crippen LogP contribution in [0.5, 0.6) is 0 Å². The van der Waals surface area contributed by atoms with Gasteiger partial charge in [0.2, 0.25) is 5.90 Å². The fourth-order valence-electron chi connectivity index (χ4n) is 2.19. The number of aliphatic imine (C=N–C) groups is 1. The number of carbonyl (C=O) groups is 1. The number of nitro groups is 1. The lowest BCUT2D eigenvalue weighted by atomic mass is 10.2. The van der Waals surface area contributed by atoms with E-state index in [1.165, 1.54) is 18.2 Å². The third-order valence-corrected chi connectivity index (χ3v) is 4.40. The van der Waals surface area contributed by atoms with Crippen molar-refractivity contribution in [3.63, 3.8) is 0 Å². The highest BCUT2D eigenvalue weighted by molar-refractivity contribution is 14.1. The summed E-state index contributed by atoms with van der Waals surface area (Å²) in [7, 11) is 0. The van der Waals surface area contributed by atoms with Crippen LogP contribution in [0.4, 0.5) is 5.69 Å². The number of hydrogen-bond donors (Lipinski definition) is 0. The van der Waals surface area contributed by atoms with Gasteiger partial charge in [0.05, 0.1) is 15.5 Å². The molecule has 0 atom stereocenters. The van der Waals surface area contributed by atoms with Crippen molar-refractivity contribution in [1.82, 2.24) is 0 Å². The van der Waals surface area contributed by atoms with E-state index in [1.54, 1.807) is 36.4 Å². The summed E-state index contributed by atoms with van der Waals surface area (Å²) in [5.41, 5.74) is 1.29. The Balaban J connectivity index is 1.84. The van der Waals surface area contributed by atoms with Gasteiger partial charge in [0.1, 0.15) is 0 Å². The molecule has 0 N–H and O–H groups in total. The van der Waals surface area contributed by atoms with Gasteiger partial charge in [0.15, 0.2) is 5.70 Å². The van der Waals surface area contributed by atoms with E-state index in [2.05, 4.69) is 27.6 Å². The second-order valence-electron chi connectivity index (χ2n) is 5.19. The summed E-state index contributed by atoms with van der Waals surface area (Å²) in [5.74, 6) is -0.438. The average Bonchev–Trinajstić information content (AvgIpc) is 2.98. The molecule has 1 heterocycles. The first-order chi connectivity index (χ1) is 12.4. The number of nitrogens with zero attached hydrogens (tertiary/aromatic N) is 2. The maximum atomic E-state index is 12.0. The largest absolute Gasteiger partial charge is 0.402 e. The minimum absolute atomic E-state index is 0.00583. The molecule has 0 amide bonds. The lowest BCUT2D eigenvalue weighted by Gasteiger charge is -2.02. The van der Waals surface area contributed by atoms with Gasteiger partial charge in [-0.3, -0.25) is 10.1 Å². The van der Waals surface area contributed by atoms with Crippen LogP contribution in [-0.2, 0) is 9.53 Å². The van der Waals surface area contributed by atoms with Gasteiger partial charge >= 0.3 is 5.97 Å². The minimum Gasteiger partial charge on any atom is -0.402 e. The molecule has 0 unspecified atom stereocenters. The third kappa shape index (κ3) is 4.17. The molecular weight excluding hydrogens is 471 g/mol. The van der Waals surface area contributed by atoms with Crippen LogP contribution in [0.3, 0.4) is 0 Å². The van der Waals surface area contributed by atoms with Crippen LogP contribution in [0.25, 0.3) is 6.08 Å². The number of nitro benzene ring substituents is 1. The standard InChI is InChI=1S/C18H10ClIN2O4/c19-15-8-7-12(20)10-14(15)17-21-16(18(23)26-17)6-2-4-11-3-1-5-13(9-11)22(24)25/h1-10H/b4-2+,16-6-. The van der Waals surface area contributed by atoms with E-state index in [0.717, 1.165) is 3.57 Å². The maximum Gasteiger partial charge on any atom is 0.363 e. The molecule has 26 heavy (non-hydrogen) atoms. The Kier molecular flexibility index (Phi) is 5.48. The van der Waals surface area contributed by atoms with Crippen LogP contribution in [0.1, 0.15) is 11.1 Å². The predicted octanol–water partition coefficient (Wildman–Crippen LogP) is 4.75. The Morgan fingerprint density at radius 2 is 2.04 bits per heavy atom. The van der Waals surface area contributed by atoms with E-state index < -0.39 is 10.9 Å². The molecule has 0 saturated carbocycles. The van der Waals surface area contributed by atoms with Crippen molar-refractivity contribution >= 4 is 57.8 Å². The first-order valence-corrected chi connectivity index (χ1v) is 8.79.